The van der Waals surface area contributed by atoms with Gasteiger partial charge in [-0.05, 0) is 39.0 Å². The molecule has 124 valence electrons. The summed E-state index contributed by atoms with van der Waals surface area (Å²) in [4.78, 5) is 12.2. The number of ether oxygens (including phenoxy) is 1. The highest BCUT2D eigenvalue weighted by Crippen LogP contribution is 2.17. The first-order valence-corrected chi connectivity index (χ1v) is 8.52. The molecule has 0 aliphatic carbocycles. The monoisotopic (exact) mass is 328 g/mol. The molecule has 0 bridgehead atoms. The van der Waals surface area contributed by atoms with Gasteiger partial charge in [-0.15, -0.1) is 0 Å². The van der Waals surface area contributed by atoms with Crippen LogP contribution in [0.4, 0.5) is 0 Å². The molecule has 0 aliphatic heterocycles. The van der Waals surface area contributed by atoms with E-state index >= 15 is 0 Å². The van der Waals surface area contributed by atoms with Crippen molar-refractivity contribution in [3.63, 3.8) is 0 Å². The third-order valence-corrected chi connectivity index (χ3v) is 5.32. The van der Waals surface area contributed by atoms with Gasteiger partial charge < -0.3 is 10.1 Å². The molecule has 22 heavy (non-hydrogen) atoms. The standard InChI is InChI=1S/C15H24N2O4S/c1-11(2)17(4)22(19,20)14-8-6-7-13(9-14)15(18)16-12(3)10-21-5/h6-9,11-12H,10H2,1-5H3,(H,16,18). The second kappa shape index (κ2) is 7.71. The Balaban J connectivity index is 3.02. The van der Waals surface area contributed by atoms with Crippen molar-refractivity contribution < 1.29 is 17.9 Å². The predicted octanol–water partition coefficient (Wildman–Crippen LogP) is 1.48. The van der Waals surface area contributed by atoms with E-state index in [-0.39, 0.29) is 22.9 Å². The minimum absolute atomic E-state index is 0.107. The highest BCUT2D eigenvalue weighted by Gasteiger charge is 2.24. The van der Waals surface area contributed by atoms with Gasteiger partial charge in [-0.1, -0.05) is 6.07 Å². The van der Waals surface area contributed by atoms with Crippen LogP contribution < -0.4 is 5.32 Å². The van der Waals surface area contributed by atoms with E-state index in [1.165, 1.54) is 23.5 Å². The molecule has 0 saturated carbocycles. The Morgan fingerprint density at radius 1 is 1.32 bits per heavy atom. The lowest BCUT2D eigenvalue weighted by Gasteiger charge is -2.21. The maximum Gasteiger partial charge on any atom is 0.251 e. The average Bonchev–Trinajstić information content (AvgIpc) is 2.46. The lowest BCUT2D eigenvalue weighted by molar-refractivity contribution is 0.0905. The van der Waals surface area contributed by atoms with E-state index in [2.05, 4.69) is 5.32 Å². The molecule has 7 heteroatoms. The van der Waals surface area contributed by atoms with Crippen LogP contribution in [0.2, 0.25) is 0 Å². The fraction of sp³-hybridized carbons (Fsp3) is 0.533. The molecule has 1 atom stereocenters. The smallest absolute Gasteiger partial charge is 0.251 e. The second-order valence-corrected chi connectivity index (χ2v) is 7.47. The third kappa shape index (κ3) is 4.53. The van der Waals surface area contributed by atoms with Crippen LogP contribution in [0.25, 0.3) is 0 Å². The number of amides is 1. The largest absolute Gasteiger partial charge is 0.383 e. The van der Waals surface area contributed by atoms with E-state index < -0.39 is 10.0 Å². The van der Waals surface area contributed by atoms with Crippen LogP contribution in [0.1, 0.15) is 31.1 Å². The van der Waals surface area contributed by atoms with Gasteiger partial charge in [0.25, 0.3) is 5.91 Å². The molecule has 1 N–H and O–H groups in total. The molecule has 0 fully saturated rings. The normalized spacial score (nSPS) is 13.4. The average molecular weight is 328 g/mol. The fourth-order valence-corrected chi connectivity index (χ4v) is 3.25. The Kier molecular flexibility index (Phi) is 6.52. The summed E-state index contributed by atoms with van der Waals surface area (Å²) in [6.45, 7) is 5.79. The van der Waals surface area contributed by atoms with Gasteiger partial charge in [0, 0.05) is 31.8 Å². The van der Waals surface area contributed by atoms with Crippen LogP contribution in [-0.4, -0.2) is 51.5 Å². The van der Waals surface area contributed by atoms with Gasteiger partial charge in [0.05, 0.1) is 11.5 Å². The van der Waals surface area contributed by atoms with Gasteiger partial charge in [-0.25, -0.2) is 8.42 Å². The molecule has 1 amide bonds. The number of methoxy groups -OCH3 is 1. The molecular formula is C15H24N2O4S. The van der Waals surface area contributed by atoms with Crippen molar-refractivity contribution in [2.75, 3.05) is 20.8 Å². The predicted molar refractivity (Wildman–Crippen MR) is 85.3 cm³/mol. The lowest BCUT2D eigenvalue weighted by atomic mass is 10.2. The van der Waals surface area contributed by atoms with Gasteiger partial charge >= 0.3 is 0 Å². The first kappa shape index (κ1) is 18.6. The third-order valence-electron chi connectivity index (χ3n) is 3.29. The van der Waals surface area contributed by atoms with Gasteiger partial charge in [-0.2, -0.15) is 4.31 Å². The summed E-state index contributed by atoms with van der Waals surface area (Å²) >= 11 is 0. The number of benzene rings is 1. The number of carbonyl (C=O) groups excluding carboxylic acids is 1. The van der Waals surface area contributed by atoms with Crippen LogP contribution in [0, 0.1) is 0 Å². The lowest BCUT2D eigenvalue weighted by Crippen LogP contribution is -2.36. The van der Waals surface area contributed by atoms with E-state index in [1.807, 2.05) is 6.92 Å². The van der Waals surface area contributed by atoms with Gasteiger partial charge in [0.2, 0.25) is 10.0 Å². The summed E-state index contributed by atoms with van der Waals surface area (Å²) in [7, 11) is -0.530. The maximum absolute atomic E-state index is 12.4. The van der Waals surface area contributed by atoms with Crippen molar-refractivity contribution in [1.29, 1.82) is 0 Å². The summed E-state index contributed by atoms with van der Waals surface area (Å²) in [5.74, 6) is -0.325. The summed E-state index contributed by atoms with van der Waals surface area (Å²) < 4.78 is 31.1. The first-order valence-electron chi connectivity index (χ1n) is 7.08. The minimum atomic E-state index is -3.60. The molecule has 0 heterocycles. The highest BCUT2D eigenvalue weighted by molar-refractivity contribution is 7.89. The second-order valence-electron chi connectivity index (χ2n) is 5.47. The van der Waals surface area contributed by atoms with Crippen LogP contribution in [0.3, 0.4) is 0 Å². The van der Waals surface area contributed by atoms with E-state index in [1.54, 1.807) is 33.1 Å². The SMILES string of the molecule is COCC(C)NC(=O)c1cccc(S(=O)(=O)N(C)C(C)C)c1. The number of hydrogen-bond acceptors (Lipinski definition) is 4. The molecule has 1 rings (SSSR count). The number of carbonyl (C=O) groups is 1. The zero-order valence-electron chi connectivity index (χ0n) is 13.7. The van der Waals surface area contributed by atoms with E-state index in [4.69, 9.17) is 4.74 Å². The van der Waals surface area contributed by atoms with Crippen molar-refractivity contribution in [2.45, 2.75) is 37.8 Å². The molecule has 1 unspecified atom stereocenters. The number of rotatable bonds is 7. The summed E-state index contributed by atoms with van der Waals surface area (Å²) in [5, 5.41) is 2.76. The Bertz CT molecular complexity index is 614. The van der Waals surface area contributed by atoms with Crippen LogP contribution in [0.15, 0.2) is 29.2 Å². The molecule has 6 nitrogen and oxygen atoms in total. The zero-order chi connectivity index (χ0) is 16.9. The molecule has 0 saturated heterocycles. The fourth-order valence-electron chi connectivity index (χ4n) is 1.84. The summed E-state index contributed by atoms with van der Waals surface area (Å²) in [6.07, 6.45) is 0. The quantitative estimate of drug-likeness (QED) is 0.822. The van der Waals surface area contributed by atoms with Crippen molar-refractivity contribution in [3.8, 4) is 0 Å². The molecule has 0 aliphatic rings. The van der Waals surface area contributed by atoms with E-state index in [9.17, 15) is 13.2 Å². The topological polar surface area (TPSA) is 75.7 Å². The number of sulfonamides is 1. The Morgan fingerprint density at radius 2 is 1.95 bits per heavy atom. The van der Waals surface area contributed by atoms with E-state index in [0.29, 0.717) is 12.2 Å². The van der Waals surface area contributed by atoms with Crippen LogP contribution in [0.5, 0.6) is 0 Å². The summed E-state index contributed by atoms with van der Waals surface area (Å²) in [5.41, 5.74) is 0.307. The van der Waals surface area contributed by atoms with Gasteiger partial charge in [0.15, 0.2) is 0 Å². The van der Waals surface area contributed by atoms with Gasteiger partial charge in [-0.3, -0.25) is 4.79 Å². The Labute approximate surface area is 132 Å². The highest BCUT2D eigenvalue weighted by atomic mass is 32.2. The molecular weight excluding hydrogens is 304 g/mol. The van der Waals surface area contributed by atoms with Crippen molar-refractivity contribution in [1.82, 2.24) is 9.62 Å². The summed E-state index contributed by atoms with van der Waals surface area (Å²) in [6, 6.07) is 5.72. The Morgan fingerprint density at radius 3 is 2.50 bits per heavy atom. The number of nitrogens with one attached hydrogen (secondary N) is 1. The van der Waals surface area contributed by atoms with Crippen molar-refractivity contribution >= 4 is 15.9 Å². The number of hydrogen-bond donors (Lipinski definition) is 1. The minimum Gasteiger partial charge on any atom is -0.383 e. The maximum atomic E-state index is 12.4. The Hall–Kier alpha value is -1.44. The zero-order valence-corrected chi connectivity index (χ0v) is 14.5. The van der Waals surface area contributed by atoms with Crippen LogP contribution in [-0.2, 0) is 14.8 Å². The molecule has 0 radical (unpaired) electrons. The van der Waals surface area contributed by atoms with Gasteiger partial charge in [0.1, 0.15) is 0 Å². The first-order chi connectivity index (χ1) is 10.2. The van der Waals surface area contributed by atoms with E-state index in [0.717, 1.165) is 0 Å². The molecule has 1 aromatic rings. The molecule has 0 spiro atoms. The number of nitrogens with zero attached hydrogens (tertiary/aromatic N) is 1. The molecule has 1 aromatic carbocycles. The molecule has 0 aromatic heterocycles. The van der Waals surface area contributed by atoms with Crippen LogP contribution >= 0.6 is 0 Å². The van der Waals surface area contributed by atoms with Crippen molar-refractivity contribution in [3.05, 3.63) is 29.8 Å². The van der Waals surface area contributed by atoms with Crippen molar-refractivity contribution in [2.24, 2.45) is 0 Å².